The molecule has 5 rings (SSSR count). The molecule has 1 aromatic heterocycles. The number of amides is 1. The number of nitrogens with one attached hydrogen (secondary N) is 1. The molecule has 3 fully saturated rings. The second-order valence-electron chi connectivity index (χ2n) is 10.2. The van der Waals surface area contributed by atoms with E-state index in [2.05, 4.69) is 60.3 Å². The molecule has 3 saturated heterocycles. The Bertz CT molecular complexity index is 925. The molecule has 10 heteroatoms. The molecule has 4 heterocycles. The van der Waals surface area contributed by atoms with E-state index >= 15 is 0 Å². The van der Waals surface area contributed by atoms with Gasteiger partial charge in [-0.1, -0.05) is 30.3 Å². The van der Waals surface area contributed by atoms with Crippen LogP contribution in [0, 0.1) is 11.8 Å². The molecule has 2 bridgehead atoms. The van der Waals surface area contributed by atoms with Crippen molar-refractivity contribution in [2.45, 2.75) is 44.7 Å². The third kappa shape index (κ3) is 8.69. The molecule has 0 saturated carbocycles. The van der Waals surface area contributed by atoms with Gasteiger partial charge in [0, 0.05) is 70.7 Å². The largest absolute Gasteiger partial charge is 0.341 e. The monoisotopic (exact) mass is 570 g/mol. The molecule has 7 nitrogen and oxygen atoms in total. The van der Waals surface area contributed by atoms with Crippen LogP contribution in [-0.4, -0.2) is 77.5 Å². The van der Waals surface area contributed by atoms with E-state index in [0.29, 0.717) is 24.3 Å². The molecule has 0 unspecified atom stereocenters. The van der Waals surface area contributed by atoms with Gasteiger partial charge in [-0.05, 0) is 55.7 Å². The summed E-state index contributed by atoms with van der Waals surface area (Å²) in [7, 11) is 0. The van der Waals surface area contributed by atoms with Gasteiger partial charge in [-0.15, -0.1) is 37.2 Å². The van der Waals surface area contributed by atoms with Gasteiger partial charge in [-0.3, -0.25) is 9.69 Å². The van der Waals surface area contributed by atoms with E-state index in [0.717, 1.165) is 70.4 Å². The van der Waals surface area contributed by atoms with Crippen molar-refractivity contribution < 1.29 is 4.79 Å². The Kier molecular flexibility index (Phi) is 13.4. The Morgan fingerprint density at radius 2 is 1.73 bits per heavy atom. The van der Waals surface area contributed by atoms with Gasteiger partial charge in [0.25, 0.3) is 0 Å². The summed E-state index contributed by atoms with van der Waals surface area (Å²) in [6.45, 7) is 7.84. The number of carbonyl (C=O) groups is 1. The number of halogens is 3. The van der Waals surface area contributed by atoms with Gasteiger partial charge in [-0.2, -0.15) is 0 Å². The first-order chi connectivity index (χ1) is 16.7. The Balaban J connectivity index is 0.00000160. The molecule has 1 amide bonds. The molecular weight excluding hydrogens is 531 g/mol. The van der Waals surface area contributed by atoms with Crippen LogP contribution in [0.1, 0.15) is 37.7 Å². The molecule has 0 radical (unpaired) electrons. The molecule has 3 aliphatic heterocycles. The predicted molar refractivity (Wildman–Crippen MR) is 156 cm³/mol. The van der Waals surface area contributed by atoms with E-state index in [4.69, 9.17) is 0 Å². The van der Waals surface area contributed by atoms with Gasteiger partial charge in [-0.25, -0.2) is 9.97 Å². The molecule has 206 valence electrons. The summed E-state index contributed by atoms with van der Waals surface area (Å²) >= 11 is 0. The fourth-order valence-corrected chi connectivity index (χ4v) is 6.03. The van der Waals surface area contributed by atoms with Crippen molar-refractivity contribution in [2.24, 2.45) is 11.8 Å². The molecule has 1 aromatic carbocycles. The van der Waals surface area contributed by atoms with Gasteiger partial charge in [0.05, 0.1) is 0 Å². The smallest absolute Gasteiger partial charge is 0.225 e. The van der Waals surface area contributed by atoms with Crippen LogP contribution in [0.3, 0.4) is 0 Å². The lowest BCUT2D eigenvalue weighted by molar-refractivity contribution is -0.131. The van der Waals surface area contributed by atoms with Crippen LogP contribution in [0.4, 0.5) is 5.95 Å². The fraction of sp³-hybridized carbons (Fsp3) is 0.593. The first-order valence-corrected chi connectivity index (χ1v) is 13.0. The van der Waals surface area contributed by atoms with E-state index in [1.54, 1.807) is 12.4 Å². The second-order valence-corrected chi connectivity index (χ2v) is 10.2. The molecule has 1 N–H and O–H groups in total. The van der Waals surface area contributed by atoms with Crippen molar-refractivity contribution in [3.05, 3.63) is 54.4 Å². The van der Waals surface area contributed by atoms with Crippen LogP contribution in [0.25, 0.3) is 0 Å². The number of piperidine rings is 2. The summed E-state index contributed by atoms with van der Waals surface area (Å²) in [6.07, 6.45) is 8.59. The lowest BCUT2D eigenvalue weighted by Crippen LogP contribution is -2.55. The van der Waals surface area contributed by atoms with E-state index in [1.165, 1.54) is 25.1 Å². The molecule has 3 atom stereocenters. The van der Waals surface area contributed by atoms with Crippen molar-refractivity contribution in [3.8, 4) is 0 Å². The van der Waals surface area contributed by atoms with Gasteiger partial charge in [0.2, 0.25) is 11.9 Å². The average Bonchev–Trinajstić information content (AvgIpc) is 3.13. The summed E-state index contributed by atoms with van der Waals surface area (Å²) in [6, 6.07) is 13.2. The number of hydrogen-bond acceptors (Lipinski definition) is 6. The summed E-state index contributed by atoms with van der Waals surface area (Å²) < 4.78 is 0. The molecule has 0 spiro atoms. The van der Waals surface area contributed by atoms with Crippen LogP contribution in [0.15, 0.2) is 48.8 Å². The number of nitrogens with zero attached hydrogens (tertiary/aromatic N) is 5. The molecular formula is C27H41Cl3N6O. The van der Waals surface area contributed by atoms with Gasteiger partial charge >= 0.3 is 0 Å². The highest BCUT2D eigenvalue weighted by Gasteiger charge is 2.36. The molecule has 2 aromatic rings. The van der Waals surface area contributed by atoms with Crippen molar-refractivity contribution in [1.29, 1.82) is 0 Å². The minimum Gasteiger partial charge on any atom is -0.341 e. The van der Waals surface area contributed by atoms with Crippen LogP contribution in [0.2, 0.25) is 0 Å². The third-order valence-corrected chi connectivity index (χ3v) is 7.72. The van der Waals surface area contributed by atoms with Crippen LogP contribution in [0.5, 0.6) is 0 Å². The normalized spacial score (nSPS) is 23.6. The third-order valence-electron chi connectivity index (χ3n) is 7.72. The van der Waals surface area contributed by atoms with Crippen LogP contribution >= 0.6 is 37.2 Å². The zero-order chi connectivity index (χ0) is 23.2. The average molecular weight is 572 g/mol. The summed E-state index contributed by atoms with van der Waals surface area (Å²) in [5, 5.41) is 3.82. The number of hydrogen-bond donors (Lipinski definition) is 1. The predicted octanol–water partition coefficient (Wildman–Crippen LogP) is 4.06. The number of rotatable bonds is 7. The highest BCUT2D eigenvalue weighted by molar-refractivity contribution is 5.86. The highest BCUT2D eigenvalue weighted by atomic mass is 35.5. The SMILES string of the molecule is Cl.Cl.Cl.O=C(CCC[C@H]1NC[C@H]2C[C@@H]1CN(Cc1ccccc1)C2)N1CCCN(c2ncccn2)CC1. The number of benzene rings is 1. The number of anilines is 1. The number of carbonyl (C=O) groups excluding carboxylic acids is 1. The number of aromatic nitrogens is 2. The van der Waals surface area contributed by atoms with Gasteiger partial charge in [0.1, 0.15) is 0 Å². The van der Waals surface area contributed by atoms with Crippen molar-refractivity contribution in [2.75, 3.05) is 50.7 Å². The fourth-order valence-electron chi connectivity index (χ4n) is 6.03. The molecule has 37 heavy (non-hydrogen) atoms. The first-order valence-electron chi connectivity index (χ1n) is 13.0. The standard InChI is InChI=1S/C27H38N6O.3ClH/c34-26(32-13-6-14-33(16-15-32)27-28-11-5-12-29-27)10-4-9-25-24-17-23(18-30-25)20-31(21-24)19-22-7-2-1-3-8-22;;;/h1-3,5,7-8,11-12,23-25,30H,4,6,9-10,13-21H2;3*1H/t23-,24-,25-;;;/m1.../s1. The quantitative estimate of drug-likeness (QED) is 0.541. The van der Waals surface area contributed by atoms with E-state index in [9.17, 15) is 4.79 Å². The Labute approximate surface area is 240 Å². The minimum atomic E-state index is 0. The van der Waals surface area contributed by atoms with E-state index in [-0.39, 0.29) is 37.2 Å². The van der Waals surface area contributed by atoms with Gasteiger partial charge < -0.3 is 15.1 Å². The maximum absolute atomic E-state index is 13.0. The number of fused-ring (bicyclic) bond motifs is 2. The molecule has 3 aliphatic rings. The van der Waals surface area contributed by atoms with Crippen LogP contribution < -0.4 is 10.2 Å². The second kappa shape index (κ2) is 15.7. The van der Waals surface area contributed by atoms with E-state index in [1.807, 2.05) is 6.07 Å². The van der Waals surface area contributed by atoms with Crippen molar-refractivity contribution in [1.82, 2.24) is 25.1 Å². The topological polar surface area (TPSA) is 64.6 Å². The Hall–Kier alpha value is -1.64. The highest BCUT2D eigenvalue weighted by Crippen LogP contribution is 2.31. The maximum atomic E-state index is 13.0. The maximum Gasteiger partial charge on any atom is 0.225 e. The summed E-state index contributed by atoms with van der Waals surface area (Å²) in [5.41, 5.74) is 1.41. The zero-order valence-corrected chi connectivity index (χ0v) is 23.9. The zero-order valence-electron chi connectivity index (χ0n) is 21.4. The van der Waals surface area contributed by atoms with Crippen LogP contribution in [-0.2, 0) is 11.3 Å². The van der Waals surface area contributed by atoms with E-state index < -0.39 is 0 Å². The molecule has 0 aliphatic carbocycles. The summed E-state index contributed by atoms with van der Waals surface area (Å²) in [4.78, 5) is 28.6. The lowest BCUT2D eigenvalue weighted by Gasteiger charge is -2.46. The summed E-state index contributed by atoms with van der Waals surface area (Å²) in [5.74, 6) is 2.53. The number of likely N-dealkylation sites (tertiary alicyclic amines) is 1. The Morgan fingerprint density at radius 3 is 2.51 bits per heavy atom. The first kappa shape index (κ1) is 31.6. The minimum absolute atomic E-state index is 0. The lowest BCUT2D eigenvalue weighted by atomic mass is 9.79. The van der Waals surface area contributed by atoms with Crippen molar-refractivity contribution in [3.63, 3.8) is 0 Å². The Morgan fingerprint density at radius 1 is 0.946 bits per heavy atom. The van der Waals surface area contributed by atoms with Crippen molar-refractivity contribution >= 4 is 49.1 Å². The van der Waals surface area contributed by atoms with Gasteiger partial charge in [0.15, 0.2) is 0 Å².